The molecule has 0 aliphatic heterocycles. The lowest BCUT2D eigenvalue weighted by Crippen LogP contribution is -2.07. The van der Waals surface area contributed by atoms with E-state index in [1.54, 1.807) is 0 Å². The van der Waals surface area contributed by atoms with Gasteiger partial charge in [0, 0.05) is 81.3 Å². The Morgan fingerprint density at radius 2 is 1.17 bits per heavy atom. The summed E-state index contributed by atoms with van der Waals surface area (Å²) < 4.78 is 9.00. The van der Waals surface area contributed by atoms with Gasteiger partial charge in [-0.25, -0.2) is 0 Å². The number of hydrogen-bond donors (Lipinski definition) is 0. The van der Waals surface area contributed by atoms with Crippen LogP contribution in [-0.4, -0.2) is 28.2 Å². The van der Waals surface area contributed by atoms with Gasteiger partial charge >= 0.3 is 0 Å². The molecular weight excluding hydrogens is 388 g/mol. The van der Waals surface area contributed by atoms with Crippen molar-refractivity contribution in [1.29, 1.82) is 0 Å². The van der Waals surface area contributed by atoms with Crippen LogP contribution in [0.2, 0.25) is 0 Å². The fraction of sp³-hybridized carbons (Fsp3) is 0.154. The van der Waals surface area contributed by atoms with Crippen molar-refractivity contribution in [3.05, 3.63) is 60.7 Å². The Balaban J connectivity index is 1.68. The van der Waals surface area contributed by atoms with Gasteiger partial charge in [0.05, 0.1) is 0 Å². The largest absolute Gasteiger partial charge is 0.455 e. The number of benzene rings is 4. The van der Waals surface area contributed by atoms with Crippen LogP contribution in [-0.2, 0) is 0 Å². The first-order valence-corrected chi connectivity index (χ1v) is 10.9. The lowest BCUT2D eigenvalue weighted by atomic mass is 10.0. The zero-order chi connectivity index (χ0) is 20.6. The molecule has 0 N–H and O–H groups in total. The van der Waals surface area contributed by atoms with E-state index in [2.05, 4.69) is 98.7 Å². The maximum absolute atomic E-state index is 6.35. The second-order valence-corrected chi connectivity index (χ2v) is 9.39. The van der Waals surface area contributed by atoms with Gasteiger partial charge in [0.1, 0.15) is 11.2 Å². The third kappa shape index (κ3) is 2.37. The summed E-state index contributed by atoms with van der Waals surface area (Å²) in [5, 5.41) is 7.43. The Morgan fingerprint density at radius 3 is 1.87 bits per heavy atom. The molecule has 0 bridgehead atoms. The van der Waals surface area contributed by atoms with E-state index in [4.69, 9.17) is 4.42 Å². The topological polar surface area (TPSA) is 19.6 Å². The monoisotopic (exact) mass is 410 g/mol. The van der Waals surface area contributed by atoms with E-state index in [1.165, 1.54) is 53.1 Å². The molecule has 0 spiro atoms. The highest BCUT2D eigenvalue weighted by atomic mass is 32.1. The molecule has 0 unspecified atom stereocenters. The summed E-state index contributed by atoms with van der Waals surface area (Å²) in [6, 6.07) is 22.1. The molecule has 2 aromatic heterocycles. The van der Waals surface area contributed by atoms with Crippen LogP contribution in [0.4, 0.5) is 11.4 Å². The lowest BCUT2D eigenvalue weighted by Gasteiger charge is -2.11. The Labute approximate surface area is 178 Å². The van der Waals surface area contributed by atoms with Gasteiger partial charge in [0.15, 0.2) is 0 Å². The van der Waals surface area contributed by atoms with Crippen molar-refractivity contribution in [2.24, 2.45) is 0 Å². The molecule has 0 fully saturated rings. The van der Waals surface area contributed by atoms with Gasteiger partial charge < -0.3 is 14.2 Å². The zero-order valence-corrected chi connectivity index (χ0v) is 18.3. The summed E-state index contributed by atoms with van der Waals surface area (Å²) in [6.07, 6.45) is 0. The second kappa shape index (κ2) is 6.13. The van der Waals surface area contributed by atoms with Crippen LogP contribution in [0.1, 0.15) is 0 Å². The van der Waals surface area contributed by atoms with Gasteiger partial charge in [-0.2, -0.15) is 0 Å². The standard InChI is InChI=1S/C26H22N2OS/c1-27(2)15-5-11-23-21(13-15)18-8-9-19-17(25(18)29-23)7-10-20-22-14-16(28(3)4)6-12-24(22)30-26(19)20/h5-14H,1-4H3. The Kier molecular flexibility index (Phi) is 3.60. The summed E-state index contributed by atoms with van der Waals surface area (Å²) in [7, 11) is 8.31. The molecule has 0 atom stereocenters. The molecule has 0 aliphatic carbocycles. The quantitative estimate of drug-likeness (QED) is 0.300. The van der Waals surface area contributed by atoms with Crippen LogP contribution in [0.25, 0.3) is 52.9 Å². The minimum Gasteiger partial charge on any atom is -0.455 e. The third-order valence-electron chi connectivity index (χ3n) is 6.07. The molecule has 4 heteroatoms. The molecule has 3 nitrogen and oxygen atoms in total. The second-order valence-electron chi connectivity index (χ2n) is 8.33. The summed E-state index contributed by atoms with van der Waals surface area (Å²) in [5.41, 5.74) is 4.33. The van der Waals surface area contributed by atoms with E-state index < -0.39 is 0 Å². The number of fused-ring (bicyclic) bond motifs is 9. The fourth-order valence-corrected chi connectivity index (χ4v) is 5.62. The van der Waals surface area contributed by atoms with E-state index in [1.807, 2.05) is 11.3 Å². The predicted molar refractivity (Wildman–Crippen MR) is 133 cm³/mol. The average molecular weight is 411 g/mol. The Hall–Kier alpha value is -3.24. The van der Waals surface area contributed by atoms with Gasteiger partial charge in [-0.3, -0.25) is 0 Å². The van der Waals surface area contributed by atoms with Gasteiger partial charge in [-0.1, -0.05) is 12.1 Å². The van der Waals surface area contributed by atoms with Crippen LogP contribution in [0, 0.1) is 0 Å². The van der Waals surface area contributed by atoms with E-state index >= 15 is 0 Å². The van der Waals surface area contributed by atoms with E-state index in [-0.39, 0.29) is 0 Å². The van der Waals surface area contributed by atoms with E-state index in [9.17, 15) is 0 Å². The molecule has 0 radical (unpaired) electrons. The van der Waals surface area contributed by atoms with Gasteiger partial charge in [0.25, 0.3) is 0 Å². The van der Waals surface area contributed by atoms with Crippen molar-refractivity contribution in [2.45, 2.75) is 0 Å². The molecule has 0 saturated carbocycles. The molecule has 6 rings (SSSR count). The molecule has 148 valence electrons. The number of nitrogens with zero attached hydrogens (tertiary/aromatic N) is 2. The normalized spacial score (nSPS) is 12.0. The van der Waals surface area contributed by atoms with Crippen molar-refractivity contribution < 1.29 is 4.42 Å². The fourth-order valence-electron chi connectivity index (χ4n) is 4.41. The minimum atomic E-state index is 0.940. The first-order chi connectivity index (χ1) is 14.5. The number of hydrogen-bond acceptors (Lipinski definition) is 4. The first-order valence-electron chi connectivity index (χ1n) is 10.1. The molecule has 6 aromatic rings. The van der Waals surface area contributed by atoms with Crippen molar-refractivity contribution in [3.63, 3.8) is 0 Å². The Bertz CT molecular complexity index is 1480. The molecule has 2 heterocycles. The maximum Gasteiger partial charge on any atom is 0.143 e. The third-order valence-corrected chi connectivity index (χ3v) is 7.29. The highest BCUT2D eigenvalue weighted by molar-refractivity contribution is 7.26. The van der Waals surface area contributed by atoms with E-state index in [0.29, 0.717) is 0 Å². The first kappa shape index (κ1) is 17.6. The number of anilines is 2. The van der Waals surface area contributed by atoms with Crippen molar-refractivity contribution in [2.75, 3.05) is 38.0 Å². The van der Waals surface area contributed by atoms with E-state index in [0.717, 1.165) is 11.2 Å². The Morgan fingerprint density at radius 1 is 0.600 bits per heavy atom. The number of rotatable bonds is 2. The van der Waals surface area contributed by atoms with Gasteiger partial charge in [-0.15, -0.1) is 11.3 Å². The van der Waals surface area contributed by atoms with Crippen molar-refractivity contribution >= 4 is 75.6 Å². The lowest BCUT2D eigenvalue weighted by molar-refractivity contribution is 0.672. The highest BCUT2D eigenvalue weighted by Crippen LogP contribution is 2.43. The smallest absolute Gasteiger partial charge is 0.143 e. The molecule has 0 aliphatic rings. The minimum absolute atomic E-state index is 0.940. The van der Waals surface area contributed by atoms with Crippen molar-refractivity contribution in [3.8, 4) is 0 Å². The predicted octanol–water partition coefficient (Wildman–Crippen LogP) is 7.24. The summed E-state index contributed by atoms with van der Waals surface area (Å²) in [6.45, 7) is 0. The highest BCUT2D eigenvalue weighted by Gasteiger charge is 2.15. The van der Waals surface area contributed by atoms with Gasteiger partial charge in [-0.05, 0) is 48.5 Å². The number of furan rings is 1. The molecule has 0 amide bonds. The van der Waals surface area contributed by atoms with Crippen molar-refractivity contribution in [1.82, 2.24) is 0 Å². The molecule has 4 aromatic carbocycles. The van der Waals surface area contributed by atoms with Crippen LogP contribution < -0.4 is 9.80 Å². The van der Waals surface area contributed by atoms with Gasteiger partial charge in [0.2, 0.25) is 0 Å². The molecular formula is C26H22N2OS. The van der Waals surface area contributed by atoms with Crippen LogP contribution >= 0.6 is 11.3 Å². The zero-order valence-electron chi connectivity index (χ0n) is 17.5. The SMILES string of the molecule is CN(C)c1ccc2oc3c(ccc4c3ccc3c5cc(N(C)C)ccc5sc34)c2c1. The van der Waals surface area contributed by atoms with Crippen LogP contribution in [0.3, 0.4) is 0 Å². The molecule has 0 saturated heterocycles. The van der Waals surface area contributed by atoms with Crippen LogP contribution in [0.5, 0.6) is 0 Å². The van der Waals surface area contributed by atoms with Crippen LogP contribution in [0.15, 0.2) is 65.1 Å². The number of thiophene rings is 1. The summed E-state index contributed by atoms with van der Waals surface area (Å²) >= 11 is 1.87. The summed E-state index contributed by atoms with van der Waals surface area (Å²) in [5.74, 6) is 0. The molecule has 30 heavy (non-hydrogen) atoms. The average Bonchev–Trinajstić information content (AvgIpc) is 3.30. The summed E-state index contributed by atoms with van der Waals surface area (Å²) in [4.78, 5) is 4.28. The maximum atomic E-state index is 6.35.